The Morgan fingerprint density at radius 1 is 1.12 bits per heavy atom. The maximum atomic E-state index is 13.8. The van der Waals surface area contributed by atoms with E-state index in [2.05, 4.69) is 5.32 Å². The van der Waals surface area contributed by atoms with Crippen molar-refractivity contribution in [3.8, 4) is 5.75 Å². The second-order valence-electron chi connectivity index (χ2n) is 9.64. The first-order chi connectivity index (χ1) is 16.4. The van der Waals surface area contributed by atoms with E-state index in [0.717, 1.165) is 42.1 Å². The second kappa shape index (κ2) is 8.78. The van der Waals surface area contributed by atoms with Crippen LogP contribution in [0.2, 0.25) is 0 Å². The number of nitrogens with one attached hydrogen (secondary N) is 1. The molecule has 2 aliphatic rings. The lowest BCUT2D eigenvalue weighted by molar-refractivity contribution is -0.134. The van der Waals surface area contributed by atoms with E-state index < -0.39 is 5.54 Å². The number of hydrogen-bond acceptors (Lipinski definition) is 3. The lowest BCUT2D eigenvalue weighted by atomic mass is 9.91. The van der Waals surface area contributed by atoms with Crippen molar-refractivity contribution in [3.05, 3.63) is 65.6 Å². The molecule has 1 saturated carbocycles. The SMILES string of the molecule is COc1ccc2cc3n(c2c1)C[C@@](C)(C(=O)NC1CCCCC1)N(Cc1ccc(F)cc1)C3=O. The van der Waals surface area contributed by atoms with E-state index in [-0.39, 0.29) is 30.2 Å². The van der Waals surface area contributed by atoms with Gasteiger partial charge in [-0.2, -0.15) is 0 Å². The minimum atomic E-state index is -1.11. The van der Waals surface area contributed by atoms with Gasteiger partial charge in [0.1, 0.15) is 22.8 Å². The molecule has 0 bridgehead atoms. The smallest absolute Gasteiger partial charge is 0.271 e. The van der Waals surface area contributed by atoms with Gasteiger partial charge in [-0.05, 0) is 55.7 Å². The summed E-state index contributed by atoms with van der Waals surface area (Å²) in [6.07, 6.45) is 5.32. The number of benzene rings is 2. The monoisotopic (exact) mass is 463 g/mol. The molecule has 0 radical (unpaired) electrons. The number of rotatable bonds is 5. The Kier molecular flexibility index (Phi) is 5.80. The highest BCUT2D eigenvalue weighted by Gasteiger charge is 2.48. The molecular formula is C27H30FN3O3. The Bertz CT molecular complexity index is 1230. The second-order valence-corrected chi connectivity index (χ2v) is 9.64. The summed E-state index contributed by atoms with van der Waals surface area (Å²) < 4.78 is 20.8. The molecule has 178 valence electrons. The fourth-order valence-corrected chi connectivity index (χ4v) is 5.27. The summed E-state index contributed by atoms with van der Waals surface area (Å²) in [5.74, 6) is 0.000780. The highest BCUT2D eigenvalue weighted by atomic mass is 19.1. The predicted octanol–water partition coefficient (Wildman–Crippen LogP) is 4.65. The summed E-state index contributed by atoms with van der Waals surface area (Å²) in [4.78, 5) is 29.3. The first kappa shape index (κ1) is 22.4. The molecule has 1 aliphatic carbocycles. The van der Waals surface area contributed by atoms with Gasteiger partial charge in [0.2, 0.25) is 5.91 Å². The number of ether oxygens (including phenoxy) is 1. The molecular weight excluding hydrogens is 433 g/mol. The Morgan fingerprint density at radius 2 is 1.85 bits per heavy atom. The standard InChI is InChI=1S/C27H30FN3O3/c1-27(26(33)29-21-6-4-3-5-7-21)17-30-23-15-22(34-2)13-10-19(23)14-24(30)25(32)31(27)16-18-8-11-20(28)12-9-18/h8-15,21H,3-7,16-17H2,1-2H3,(H,29,33)/t27-/m0/s1. The van der Waals surface area contributed by atoms with Crippen molar-refractivity contribution < 1.29 is 18.7 Å². The minimum absolute atomic E-state index is 0.128. The number of halogens is 1. The molecule has 0 unspecified atom stereocenters. The van der Waals surface area contributed by atoms with Crippen LogP contribution in [-0.2, 0) is 17.9 Å². The zero-order valence-electron chi connectivity index (χ0n) is 19.6. The Hall–Kier alpha value is -3.35. The molecule has 6 nitrogen and oxygen atoms in total. The average molecular weight is 464 g/mol. The van der Waals surface area contributed by atoms with Gasteiger partial charge in [0.05, 0.1) is 19.2 Å². The van der Waals surface area contributed by atoms with Crippen LogP contribution in [0.25, 0.3) is 10.9 Å². The first-order valence-electron chi connectivity index (χ1n) is 11.9. The van der Waals surface area contributed by atoms with Gasteiger partial charge in [-0.25, -0.2) is 4.39 Å². The topological polar surface area (TPSA) is 63.6 Å². The average Bonchev–Trinajstić information content (AvgIpc) is 3.21. The summed E-state index contributed by atoms with van der Waals surface area (Å²) >= 11 is 0. The molecule has 1 atom stereocenters. The number of carbonyl (C=O) groups excluding carboxylic acids is 2. The molecule has 1 aromatic heterocycles. The summed E-state index contributed by atoms with van der Waals surface area (Å²) in [6.45, 7) is 2.38. The molecule has 3 aromatic rings. The summed E-state index contributed by atoms with van der Waals surface area (Å²) in [5, 5.41) is 4.16. The van der Waals surface area contributed by atoms with Crippen molar-refractivity contribution in [2.75, 3.05) is 7.11 Å². The lowest BCUT2D eigenvalue weighted by Crippen LogP contribution is -2.64. The van der Waals surface area contributed by atoms with Crippen LogP contribution < -0.4 is 10.1 Å². The number of aromatic nitrogens is 1. The van der Waals surface area contributed by atoms with E-state index >= 15 is 0 Å². The third-order valence-corrected chi connectivity index (χ3v) is 7.32. The molecule has 1 N–H and O–H groups in total. The Labute approximate surface area is 198 Å². The number of fused-ring (bicyclic) bond motifs is 3. The zero-order valence-corrected chi connectivity index (χ0v) is 19.6. The van der Waals surface area contributed by atoms with Gasteiger partial charge < -0.3 is 19.5 Å². The summed E-state index contributed by atoms with van der Waals surface area (Å²) in [6, 6.07) is 13.8. The van der Waals surface area contributed by atoms with Gasteiger partial charge in [0, 0.05) is 24.0 Å². The number of carbonyl (C=O) groups is 2. The minimum Gasteiger partial charge on any atom is -0.497 e. The molecule has 2 amide bonds. The van der Waals surface area contributed by atoms with Gasteiger partial charge in [0.15, 0.2) is 0 Å². The lowest BCUT2D eigenvalue weighted by Gasteiger charge is -2.45. The van der Waals surface area contributed by atoms with Crippen molar-refractivity contribution in [3.63, 3.8) is 0 Å². The summed E-state index contributed by atoms with van der Waals surface area (Å²) in [5.41, 5.74) is 1.07. The molecule has 0 spiro atoms. The van der Waals surface area contributed by atoms with Crippen LogP contribution in [0.5, 0.6) is 5.75 Å². The van der Waals surface area contributed by atoms with E-state index in [0.29, 0.717) is 18.0 Å². The Morgan fingerprint density at radius 3 is 2.56 bits per heavy atom. The third kappa shape index (κ3) is 3.93. The normalized spacial score (nSPS) is 20.9. The number of methoxy groups -OCH3 is 1. The highest BCUT2D eigenvalue weighted by Crippen LogP contribution is 2.35. The number of hydrogen-bond donors (Lipinski definition) is 1. The van der Waals surface area contributed by atoms with Gasteiger partial charge in [-0.15, -0.1) is 0 Å². The van der Waals surface area contributed by atoms with Gasteiger partial charge in [-0.1, -0.05) is 31.4 Å². The van der Waals surface area contributed by atoms with E-state index in [1.54, 1.807) is 24.1 Å². The zero-order chi connectivity index (χ0) is 23.9. The molecule has 2 heterocycles. The van der Waals surface area contributed by atoms with Crippen LogP contribution in [0, 0.1) is 5.82 Å². The van der Waals surface area contributed by atoms with Crippen LogP contribution in [0.1, 0.15) is 55.1 Å². The molecule has 2 aromatic carbocycles. The first-order valence-corrected chi connectivity index (χ1v) is 11.9. The van der Waals surface area contributed by atoms with Crippen molar-refractivity contribution in [2.45, 2.75) is 63.7 Å². The fraction of sp³-hybridized carbons (Fsp3) is 0.407. The number of amides is 2. The third-order valence-electron chi connectivity index (χ3n) is 7.32. The van der Waals surface area contributed by atoms with Crippen molar-refractivity contribution in [1.82, 2.24) is 14.8 Å². The van der Waals surface area contributed by atoms with Crippen LogP contribution in [-0.4, -0.2) is 40.0 Å². The molecule has 1 fully saturated rings. The molecule has 34 heavy (non-hydrogen) atoms. The maximum absolute atomic E-state index is 13.8. The summed E-state index contributed by atoms with van der Waals surface area (Å²) in [7, 11) is 1.61. The van der Waals surface area contributed by atoms with Crippen LogP contribution in [0.3, 0.4) is 0 Å². The van der Waals surface area contributed by atoms with E-state index in [4.69, 9.17) is 4.74 Å². The maximum Gasteiger partial charge on any atom is 0.271 e. The van der Waals surface area contributed by atoms with Gasteiger partial charge >= 0.3 is 0 Å². The quantitative estimate of drug-likeness (QED) is 0.599. The van der Waals surface area contributed by atoms with Crippen LogP contribution in [0.4, 0.5) is 4.39 Å². The van der Waals surface area contributed by atoms with E-state index in [1.165, 1.54) is 18.6 Å². The van der Waals surface area contributed by atoms with E-state index in [1.807, 2.05) is 35.8 Å². The van der Waals surface area contributed by atoms with Gasteiger partial charge in [0.25, 0.3) is 5.91 Å². The van der Waals surface area contributed by atoms with Gasteiger partial charge in [-0.3, -0.25) is 9.59 Å². The van der Waals surface area contributed by atoms with Crippen LogP contribution in [0.15, 0.2) is 48.5 Å². The number of nitrogens with zero attached hydrogens (tertiary/aromatic N) is 2. The molecule has 0 saturated heterocycles. The van der Waals surface area contributed by atoms with Crippen LogP contribution >= 0.6 is 0 Å². The molecule has 5 rings (SSSR count). The molecule has 7 heteroatoms. The van der Waals surface area contributed by atoms with Crippen molar-refractivity contribution in [2.24, 2.45) is 0 Å². The predicted molar refractivity (Wildman–Crippen MR) is 128 cm³/mol. The van der Waals surface area contributed by atoms with E-state index in [9.17, 15) is 14.0 Å². The fourth-order valence-electron chi connectivity index (χ4n) is 5.27. The highest BCUT2D eigenvalue weighted by molar-refractivity contribution is 6.03. The molecule has 1 aliphatic heterocycles. The van der Waals surface area contributed by atoms with Crippen molar-refractivity contribution in [1.29, 1.82) is 0 Å². The van der Waals surface area contributed by atoms with Crippen molar-refractivity contribution >= 4 is 22.7 Å². The largest absolute Gasteiger partial charge is 0.497 e. The Balaban J connectivity index is 1.56.